The molecular formula is C22H27N3O4. The van der Waals surface area contributed by atoms with Crippen molar-refractivity contribution in [1.82, 2.24) is 15.2 Å². The summed E-state index contributed by atoms with van der Waals surface area (Å²) in [7, 11) is 0. The predicted octanol–water partition coefficient (Wildman–Crippen LogP) is 2.53. The molecule has 0 atom stereocenters. The van der Waals surface area contributed by atoms with Gasteiger partial charge >= 0.3 is 0 Å². The van der Waals surface area contributed by atoms with Gasteiger partial charge in [0.05, 0.1) is 12.2 Å². The number of hydrogen-bond donors (Lipinski definition) is 1. The molecule has 0 saturated carbocycles. The van der Waals surface area contributed by atoms with Crippen LogP contribution in [-0.2, 0) is 4.79 Å². The highest BCUT2D eigenvalue weighted by molar-refractivity contribution is 5.93. The summed E-state index contributed by atoms with van der Waals surface area (Å²) >= 11 is 0. The Morgan fingerprint density at radius 1 is 1.10 bits per heavy atom. The molecule has 3 rings (SSSR count). The molecule has 2 heterocycles. The minimum atomic E-state index is -0.111. The Bertz CT molecular complexity index is 787. The van der Waals surface area contributed by atoms with Gasteiger partial charge in [0.2, 0.25) is 0 Å². The number of rotatable bonds is 8. The summed E-state index contributed by atoms with van der Waals surface area (Å²) in [5, 5.41) is 2.96. The number of nitrogens with one attached hydrogen (secondary N) is 1. The van der Waals surface area contributed by atoms with Crippen LogP contribution in [0.1, 0.15) is 30.1 Å². The summed E-state index contributed by atoms with van der Waals surface area (Å²) < 4.78 is 11.0. The number of nitrogens with zero attached hydrogens (tertiary/aromatic N) is 2. The number of likely N-dealkylation sites (tertiary alicyclic amines) is 1. The minimum Gasteiger partial charge on any atom is -0.494 e. The van der Waals surface area contributed by atoms with Crippen molar-refractivity contribution in [2.45, 2.75) is 19.8 Å². The normalized spacial score (nSPS) is 14.3. The maximum absolute atomic E-state index is 12.4. The average molecular weight is 397 g/mol. The van der Waals surface area contributed by atoms with Crippen molar-refractivity contribution in [3.63, 3.8) is 0 Å². The number of carbonyl (C=O) groups is 2. The van der Waals surface area contributed by atoms with Crippen LogP contribution in [0, 0.1) is 5.92 Å². The largest absolute Gasteiger partial charge is 0.494 e. The molecule has 1 aliphatic rings. The molecule has 29 heavy (non-hydrogen) atoms. The number of carbonyl (C=O) groups excluding carboxylic acids is 2. The van der Waals surface area contributed by atoms with Gasteiger partial charge in [-0.05, 0) is 62.1 Å². The van der Waals surface area contributed by atoms with E-state index < -0.39 is 0 Å². The second-order valence-electron chi connectivity index (χ2n) is 6.97. The van der Waals surface area contributed by atoms with Gasteiger partial charge in [-0.1, -0.05) is 0 Å². The highest BCUT2D eigenvalue weighted by Crippen LogP contribution is 2.19. The Labute approximate surface area is 171 Å². The molecule has 7 heteroatoms. The first-order valence-corrected chi connectivity index (χ1v) is 9.97. The van der Waals surface area contributed by atoms with E-state index in [1.165, 1.54) is 0 Å². The molecule has 1 saturated heterocycles. The Hall–Kier alpha value is -3.09. The molecule has 1 fully saturated rings. The van der Waals surface area contributed by atoms with E-state index in [0.717, 1.165) is 18.6 Å². The highest BCUT2D eigenvalue weighted by Gasteiger charge is 2.23. The third-order valence-electron chi connectivity index (χ3n) is 4.94. The zero-order valence-electron chi connectivity index (χ0n) is 16.7. The van der Waals surface area contributed by atoms with Crippen LogP contribution in [0.4, 0.5) is 0 Å². The maximum Gasteiger partial charge on any atom is 0.260 e. The zero-order valence-corrected chi connectivity index (χ0v) is 16.7. The molecule has 154 valence electrons. The number of amides is 2. The summed E-state index contributed by atoms with van der Waals surface area (Å²) in [6.45, 7) is 4.54. The van der Waals surface area contributed by atoms with Gasteiger partial charge in [-0.15, -0.1) is 0 Å². The van der Waals surface area contributed by atoms with Gasteiger partial charge in [-0.25, -0.2) is 0 Å². The van der Waals surface area contributed by atoms with Crippen molar-refractivity contribution in [3.05, 3.63) is 54.4 Å². The summed E-state index contributed by atoms with van der Waals surface area (Å²) in [4.78, 5) is 30.3. The number of ether oxygens (including phenoxy) is 2. The molecule has 1 aliphatic heterocycles. The molecule has 1 aromatic carbocycles. The SMILES string of the molecule is CCOc1ccc(OCC(=O)N2CCC(CNC(=O)c3cccnc3)CC2)cc1. The van der Waals surface area contributed by atoms with E-state index in [0.29, 0.717) is 43.5 Å². The van der Waals surface area contributed by atoms with Gasteiger partial charge in [0.25, 0.3) is 11.8 Å². The standard InChI is InChI=1S/C22H27N3O4/c1-2-28-19-5-7-20(8-6-19)29-16-21(26)25-12-9-17(10-13-25)14-24-22(27)18-4-3-11-23-15-18/h3-8,11,15,17H,2,9-10,12-14,16H2,1H3,(H,24,27). The van der Waals surface area contributed by atoms with Crippen molar-refractivity contribution < 1.29 is 19.1 Å². The molecule has 0 unspecified atom stereocenters. The van der Waals surface area contributed by atoms with Crippen LogP contribution in [0.2, 0.25) is 0 Å². The molecular weight excluding hydrogens is 370 g/mol. The smallest absolute Gasteiger partial charge is 0.260 e. The fraction of sp³-hybridized carbons (Fsp3) is 0.409. The Kier molecular flexibility index (Phi) is 7.44. The van der Waals surface area contributed by atoms with Crippen molar-refractivity contribution in [2.75, 3.05) is 32.8 Å². The van der Waals surface area contributed by atoms with Crippen molar-refractivity contribution in [1.29, 1.82) is 0 Å². The third-order valence-corrected chi connectivity index (χ3v) is 4.94. The Morgan fingerprint density at radius 2 is 1.79 bits per heavy atom. The molecule has 7 nitrogen and oxygen atoms in total. The summed E-state index contributed by atoms with van der Waals surface area (Å²) in [5.41, 5.74) is 0.562. The quantitative estimate of drug-likeness (QED) is 0.740. The second kappa shape index (κ2) is 10.5. The summed E-state index contributed by atoms with van der Waals surface area (Å²) in [6, 6.07) is 10.7. The van der Waals surface area contributed by atoms with Crippen LogP contribution in [0.5, 0.6) is 11.5 Å². The summed E-state index contributed by atoms with van der Waals surface area (Å²) in [5.74, 6) is 1.67. The van der Waals surface area contributed by atoms with Crippen molar-refractivity contribution in [3.8, 4) is 11.5 Å². The lowest BCUT2D eigenvalue weighted by Crippen LogP contribution is -2.43. The Balaban J connectivity index is 1.36. The molecule has 0 spiro atoms. The van der Waals surface area contributed by atoms with Gasteiger partial charge in [0, 0.05) is 32.0 Å². The maximum atomic E-state index is 12.4. The lowest BCUT2D eigenvalue weighted by Gasteiger charge is -2.32. The first-order chi connectivity index (χ1) is 14.2. The first kappa shape index (κ1) is 20.6. The number of benzene rings is 1. The van der Waals surface area contributed by atoms with E-state index in [9.17, 15) is 9.59 Å². The predicted molar refractivity (Wildman–Crippen MR) is 109 cm³/mol. The molecule has 0 aliphatic carbocycles. The molecule has 0 radical (unpaired) electrons. The Morgan fingerprint density at radius 3 is 2.41 bits per heavy atom. The molecule has 1 aromatic heterocycles. The lowest BCUT2D eigenvalue weighted by molar-refractivity contribution is -0.134. The third kappa shape index (κ3) is 6.20. The number of piperidine rings is 1. The van der Waals surface area contributed by atoms with Crippen LogP contribution in [0.15, 0.2) is 48.8 Å². The fourth-order valence-electron chi connectivity index (χ4n) is 3.26. The van der Waals surface area contributed by atoms with E-state index >= 15 is 0 Å². The van der Waals surface area contributed by atoms with E-state index in [-0.39, 0.29) is 18.4 Å². The number of aromatic nitrogens is 1. The van der Waals surface area contributed by atoms with Crippen molar-refractivity contribution >= 4 is 11.8 Å². The molecule has 1 N–H and O–H groups in total. The number of pyridine rings is 1. The van der Waals surface area contributed by atoms with E-state index in [1.54, 1.807) is 36.7 Å². The van der Waals surface area contributed by atoms with Crippen molar-refractivity contribution in [2.24, 2.45) is 5.92 Å². The van der Waals surface area contributed by atoms with E-state index in [2.05, 4.69) is 10.3 Å². The number of hydrogen-bond acceptors (Lipinski definition) is 5. The van der Waals surface area contributed by atoms with Gasteiger partial charge < -0.3 is 19.7 Å². The van der Waals surface area contributed by atoms with E-state index in [4.69, 9.17) is 9.47 Å². The minimum absolute atomic E-state index is 0.0169. The van der Waals surface area contributed by atoms with Gasteiger partial charge in [0.15, 0.2) is 6.61 Å². The second-order valence-corrected chi connectivity index (χ2v) is 6.97. The highest BCUT2D eigenvalue weighted by atomic mass is 16.5. The average Bonchev–Trinajstić information content (AvgIpc) is 2.78. The topological polar surface area (TPSA) is 80.8 Å². The van der Waals surface area contributed by atoms with Gasteiger partial charge in [-0.2, -0.15) is 0 Å². The zero-order chi connectivity index (χ0) is 20.5. The van der Waals surface area contributed by atoms with Crippen LogP contribution >= 0.6 is 0 Å². The lowest BCUT2D eigenvalue weighted by atomic mass is 9.96. The molecule has 0 bridgehead atoms. The van der Waals surface area contributed by atoms with Gasteiger partial charge in [0.1, 0.15) is 11.5 Å². The molecule has 2 amide bonds. The first-order valence-electron chi connectivity index (χ1n) is 9.97. The molecule has 2 aromatic rings. The summed E-state index contributed by atoms with van der Waals surface area (Å²) in [6.07, 6.45) is 4.92. The van der Waals surface area contributed by atoms with Gasteiger partial charge in [-0.3, -0.25) is 14.6 Å². The van der Waals surface area contributed by atoms with Crippen LogP contribution in [0.3, 0.4) is 0 Å². The van der Waals surface area contributed by atoms with E-state index in [1.807, 2.05) is 24.0 Å². The van der Waals surface area contributed by atoms with Crippen LogP contribution in [0.25, 0.3) is 0 Å². The fourth-order valence-corrected chi connectivity index (χ4v) is 3.26. The van der Waals surface area contributed by atoms with Crippen LogP contribution in [-0.4, -0.2) is 54.5 Å². The van der Waals surface area contributed by atoms with Crippen LogP contribution < -0.4 is 14.8 Å². The monoisotopic (exact) mass is 397 g/mol.